The Balaban J connectivity index is 1.55. The summed E-state index contributed by atoms with van der Waals surface area (Å²) in [6, 6.07) is 14.6. The van der Waals surface area contributed by atoms with Crippen LogP contribution < -0.4 is 4.90 Å². The van der Waals surface area contributed by atoms with E-state index in [4.69, 9.17) is 5.26 Å². The highest BCUT2D eigenvalue weighted by Gasteiger charge is 2.19. The molecule has 4 nitrogen and oxygen atoms in total. The summed E-state index contributed by atoms with van der Waals surface area (Å²) in [5.74, 6) is -0.209. The van der Waals surface area contributed by atoms with Gasteiger partial charge in [-0.1, -0.05) is 22.0 Å². The lowest BCUT2D eigenvalue weighted by atomic mass is 10.1. The van der Waals surface area contributed by atoms with Gasteiger partial charge >= 0.3 is 0 Å². The van der Waals surface area contributed by atoms with E-state index >= 15 is 0 Å². The zero-order chi connectivity index (χ0) is 19.2. The van der Waals surface area contributed by atoms with E-state index in [0.29, 0.717) is 41.5 Å². The number of rotatable bonds is 4. The first-order valence-electron chi connectivity index (χ1n) is 9.03. The number of nitriles is 1. The average Bonchev–Trinajstić information content (AvgIpc) is 2.93. The number of anilines is 1. The van der Waals surface area contributed by atoms with E-state index in [1.807, 2.05) is 29.2 Å². The second kappa shape index (κ2) is 9.01. The van der Waals surface area contributed by atoms with E-state index < -0.39 is 0 Å². The van der Waals surface area contributed by atoms with Crippen LogP contribution in [0, 0.1) is 17.1 Å². The molecule has 140 valence electrons. The summed E-state index contributed by atoms with van der Waals surface area (Å²) in [4.78, 5) is 16.7. The Hall–Kier alpha value is -2.39. The maximum Gasteiger partial charge on any atom is 0.222 e. The second-order valence-electron chi connectivity index (χ2n) is 6.62. The molecule has 6 heteroatoms. The minimum atomic E-state index is -0.278. The van der Waals surface area contributed by atoms with Gasteiger partial charge in [0.25, 0.3) is 0 Å². The number of halogens is 2. The van der Waals surface area contributed by atoms with Crippen molar-refractivity contribution in [2.45, 2.75) is 19.3 Å². The van der Waals surface area contributed by atoms with Crippen molar-refractivity contribution >= 4 is 27.5 Å². The van der Waals surface area contributed by atoms with Crippen LogP contribution in [-0.2, 0) is 11.2 Å². The van der Waals surface area contributed by atoms with E-state index in [1.54, 1.807) is 12.1 Å². The first kappa shape index (κ1) is 19.4. The van der Waals surface area contributed by atoms with Crippen molar-refractivity contribution in [3.05, 3.63) is 63.9 Å². The molecule has 1 saturated heterocycles. The molecule has 0 spiro atoms. The third kappa shape index (κ3) is 5.08. The van der Waals surface area contributed by atoms with Crippen LogP contribution in [0.15, 0.2) is 46.9 Å². The molecule has 0 atom stereocenters. The van der Waals surface area contributed by atoms with Gasteiger partial charge in [0.2, 0.25) is 5.91 Å². The normalized spacial score (nSPS) is 14.6. The second-order valence-corrected chi connectivity index (χ2v) is 7.53. The van der Waals surface area contributed by atoms with Gasteiger partial charge in [0.15, 0.2) is 0 Å². The van der Waals surface area contributed by atoms with Crippen molar-refractivity contribution < 1.29 is 9.18 Å². The molecule has 0 bridgehead atoms. The van der Waals surface area contributed by atoms with Gasteiger partial charge in [-0.05, 0) is 54.8 Å². The molecule has 0 aromatic heterocycles. The lowest BCUT2D eigenvalue weighted by molar-refractivity contribution is -0.130. The van der Waals surface area contributed by atoms with Crippen molar-refractivity contribution in [3.8, 4) is 6.07 Å². The molecule has 1 amide bonds. The maximum absolute atomic E-state index is 13.9. The Morgan fingerprint density at radius 3 is 2.59 bits per heavy atom. The SMILES string of the molecule is N#Cc1ccc(N2CCCN(C(=O)CCc3ccc(Br)cc3F)CC2)cc1. The fraction of sp³-hybridized carbons (Fsp3) is 0.333. The number of carbonyl (C=O) groups excluding carboxylic acids is 1. The summed E-state index contributed by atoms with van der Waals surface area (Å²) < 4.78 is 14.6. The van der Waals surface area contributed by atoms with Crippen molar-refractivity contribution in [1.29, 1.82) is 5.26 Å². The van der Waals surface area contributed by atoms with Crippen LogP contribution in [0.1, 0.15) is 24.0 Å². The summed E-state index contributed by atoms with van der Waals surface area (Å²) in [6.45, 7) is 3.00. The molecular formula is C21H21BrFN3O. The predicted molar refractivity (Wildman–Crippen MR) is 107 cm³/mol. The standard InChI is InChI=1S/C21H21BrFN3O/c22-18-6-4-17(20(23)14-18)5-9-21(27)26-11-1-10-25(12-13-26)19-7-2-16(15-24)3-8-19/h2-4,6-8,14H,1,5,9-13H2. The van der Waals surface area contributed by atoms with Gasteiger partial charge in [0, 0.05) is 42.8 Å². The molecule has 1 heterocycles. The van der Waals surface area contributed by atoms with Crippen LogP contribution in [0.4, 0.5) is 10.1 Å². The Morgan fingerprint density at radius 1 is 1.11 bits per heavy atom. The molecule has 3 rings (SSSR count). The third-order valence-electron chi connectivity index (χ3n) is 4.83. The zero-order valence-corrected chi connectivity index (χ0v) is 16.6. The number of benzene rings is 2. The van der Waals surface area contributed by atoms with Gasteiger partial charge in [-0.2, -0.15) is 5.26 Å². The fourth-order valence-electron chi connectivity index (χ4n) is 3.30. The lowest BCUT2D eigenvalue weighted by Gasteiger charge is -2.24. The highest BCUT2D eigenvalue weighted by Crippen LogP contribution is 2.19. The molecule has 27 heavy (non-hydrogen) atoms. The first-order chi connectivity index (χ1) is 13.1. The molecule has 0 unspecified atom stereocenters. The van der Waals surface area contributed by atoms with Crippen LogP contribution in [0.25, 0.3) is 0 Å². The Morgan fingerprint density at radius 2 is 1.89 bits per heavy atom. The minimum absolute atomic E-state index is 0.0685. The highest BCUT2D eigenvalue weighted by molar-refractivity contribution is 9.10. The van der Waals surface area contributed by atoms with E-state index in [9.17, 15) is 9.18 Å². The number of amides is 1. The molecule has 2 aromatic rings. The lowest BCUT2D eigenvalue weighted by Crippen LogP contribution is -2.35. The van der Waals surface area contributed by atoms with E-state index in [2.05, 4.69) is 26.9 Å². The summed E-state index contributed by atoms with van der Waals surface area (Å²) in [7, 11) is 0. The summed E-state index contributed by atoms with van der Waals surface area (Å²) in [5.41, 5.74) is 2.28. The van der Waals surface area contributed by atoms with Gasteiger partial charge in [0.1, 0.15) is 5.82 Å². The van der Waals surface area contributed by atoms with Gasteiger partial charge < -0.3 is 9.80 Å². The monoisotopic (exact) mass is 429 g/mol. The van der Waals surface area contributed by atoms with E-state index in [0.717, 1.165) is 25.2 Å². The number of carbonyl (C=O) groups is 1. The summed E-state index contributed by atoms with van der Waals surface area (Å²) >= 11 is 3.24. The molecular weight excluding hydrogens is 409 g/mol. The zero-order valence-electron chi connectivity index (χ0n) is 15.0. The first-order valence-corrected chi connectivity index (χ1v) is 9.83. The predicted octanol–water partition coefficient (Wildman–Crippen LogP) is 4.13. The summed E-state index contributed by atoms with van der Waals surface area (Å²) in [6.07, 6.45) is 1.61. The minimum Gasteiger partial charge on any atom is -0.370 e. The topological polar surface area (TPSA) is 47.3 Å². The van der Waals surface area contributed by atoms with Gasteiger partial charge in [-0.25, -0.2) is 4.39 Å². The van der Waals surface area contributed by atoms with Gasteiger partial charge in [0.05, 0.1) is 11.6 Å². The molecule has 1 fully saturated rings. The molecule has 0 saturated carbocycles. The van der Waals surface area contributed by atoms with Crippen molar-refractivity contribution in [2.75, 3.05) is 31.1 Å². The van der Waals surface area contributed by atoms with Crippen LogP contribution in [-0.4, -0.2) is 37.0 Å². The maximum atomic E-state index is 13.9. The highest BCUT2D eigenvalue weighted by atomic mass is 79.9. The molecule has 0 radical (unpaired) electrons. The molecule has 0 aliphatic carbocycles. The molecule has 1 aliphatic rings. The van der Waals surface area contributed by atoms with Crippen molar-refractivity contribution in [1.82, 2.24) is 4.90 Å². The van der Waals surface area contributed by atoms with Crippen LogP contribution in [0.5, 0.6) is 0 Å². The van der Waals surface area contributed by atoms with Gasteiger partial charge in [-0.15, -0.1) is 0 Å². The van der Waals surface area contributed by atoms with E-state index in [-0.39, 0.29) is 11.7 Å². The van der Waals surface area contributed by atoms with Crippen LogP contribution >= 0.6 is 15.9 Å². The number of aryl methyl sites for hydroxylation is 1. The fourth-order valence-corrected chi connectivity index (χ4v) is 3.63. The number of hydrogen-bond donors (Lipinski definition) is 0. The number of nitrogens with zero attached hydrogens (tertiary/aromatic N) is 3. The Bertz CT molecular complexity index is 847. The third-order valence-corrected chi connectivity index (χ3v) is 5.33. The molecule has 1 aliphatic heterocycles. The van der Waals surface area contributed by atoms with Gasteiger partial charge in [-0.3, -0.25) is 4.79 Å². The largest absolute Gasteiger partial charge is 0.370 e. The number of hydrogen-bond acceptors (Lipinski definition) is 3. The smallest absolute Gasteiger partial charge is 0.222 e. The molecule has 0 N–H and O–H groups in total. The van der Waals surface area contributed by atoms with Crippen molar-refractivity contribution in [2.24, 2.45) is 0 Å². The summed E-state index contributed by atoms with van der Waals surface area (Å²) in [5, 5.41) is 8.91. The quantitative estimate of drug-likeness (QED) is 0.733. The average molecular weight is 430 g/mol. The van der Waals surface area contributed by atoms with Crippen LogP contribution in [0.3, 0.4) is 0 Å². The van der Waals surface area contributed by atoms with Crippen LogP contribution in [0.2, 0.25) is 0 Å². The Kier molecular flexibility index (Phi) is 6.46. The Labute approximate surface area is 167 Å². The van der Waals surface area contributed by atoms with Crippen molar-refractivity contribution in [3.63, 3.8) is 0 Å². The van der Waals surface area contributed by atoms with E-state index in [1.165, 1.54) is 6.07 Å². The molecule has 2 aromatic carbocycles.